The molecule has 13 heavy (non-hydrogen) atoms. The molecule has 0 aliphatic heterocycles. The maximum Gasteiger partial charge on any atom is 0.180 e. The molecule has 0 saturated carbocycles. The van der Waals surface area contributed by atoms with E-state index in [1.807, 2.05) is 5.38 Å². The van der Waals surface area contributed by atoms with Gasteiger partial charge in [0.2, 0.25) is 0 Å². The number of hydrogen-bond acceptors (Lipinski definition) is 4. The van der Waals surface area contributed by atoms with Gasteiger partial charge in [0.25, 0.3) is 0 Å². The Morgan fingerprint density at radius 3 is 2.77 bits per heavy atom. The van der Waals surface area contributed by atoms with Gasteiger partial charge in [-0.05, 0) is 28.9 Å². The summed E-state index contributed by atoms with van der Waals surface area (Å²) in [7, 11) is 0. The average molecular weight is 275 g/mol. The molecule has 2 rings (SSSR count). The lowest BCUT2D eigenvalue weighted by Crippen LogP contribution is -1.80. The van der Waals surface area contributed by atoms with Crippen molar-refractivity contribution in [2.24, 2.45) is 0 Å². The van der Waals surface area contributed by atoms with E-state index in [1.165, 1.54) is 16.2 Å². The molecule has 0 saturated heterocycles. The monoisotopic (exact) mass is 274 g/mol. The smallest absolute Gasteiger partial charge is 0.180 e. The van der Waals surface area contributed by atoms with Crippen molar-refractivity contribution in [1.29, 1.82) is 0 Å². The highest BCUT2D eigenvalue weighted by Gasteiger charge is 2.07. The van der Waals surface area contributed by atoms with Crippen molar-refractivity contribution >= 4 is 43.7 Å². The highest BCUT2D eigenvalue weighted by atomic mass is 79.9. The van der Waals surface area contributed by atoms with Crippen molar-refractivity contribution in [3.8, 4) is 10.6 Å². The summed E-state index contributed by atoms with van der Waals surface area (Å²) in [6, 6.07) is 2.08. The van der Waals surface area contributed by atoms with Gasteiger partial charge >= 0.3 is 0 Å². The van der Waals surface area contributed by atoms with E-state index in [4.69, 9.17) is 5.73 Å². The summed E-state index contributed by atoms with van der Waals surface area (Å²) in [5.41, 5.74) is 6.53. The quantitative estimate of drug-likeness (QED) is 0.864. The van der Waals surface area contributed by atoms with Gasteiger partial charge in [0.1, 0.15) is 0 Å². The van der Waals surface area contributed by atoms with E-state index in [9.17, 15) is 0 Å². The summed E-state index contributed by atoms with van der Waals surface area (Å²) in [4.78, 5) is 6.65. The Bertz CT molecular complexity index is 414. The third-order valence-corrected chi connectivity index (χ3v) is 4.46. The van der Waals surface area contributed by atoms with Crippen LogP contribution in [0.5, 0.6) is 0 Å². The van der Waals surface area contributed by atoms with Crippen LogP contribution in [0.15, 0.2) is 15.9 Å². The zero-order chi connectivity index (χ0) is 9.42. The first kappa shape index (κ1) is 9.18. The number of halogens is 1. The van der Waals surface area contributed by atoms with Crippen molar-refractivity contribution in [3.63, 3.8) is 0 Å². The van der Waals surface area contributed by atoms with Gasteiger partial charge in [-0.25, -0.2) is 4.98 Å². The van der Waals surface area contributed by atoms with Gasteiger partial charge < -0.3 is 5.73 Å². The topological polar surface area (TPSA) is 38.9 Å². The fourth-order valence-corrected chi connectivity index (χ4v) is 3.12. The summed E-state index contributed by atoms with van der Waals surface area (Å²) >= 11 is 6.67. The largest absolute Gasteiger partial charge is 0.375 e. The minimum atomic E-state index is 0.622. The number of rotatable bonds is 1. The molecule has 0 bridgehead atoms. The summed E-state index contributed by atoms with van der Waals surface area (Å²) < 4.78 is 1.14. The van der Waals surface area contributed by atoms with E-state index < -0.39 is 0 Å². The van der Waals surface area contributed by atoms with E-state index in [2.05, 4.69) is 33.9 Å². The van der Waals surface area contributed by atoms with Gasteiger partial charge in [0.15, 0.2) is 5.13 Å². The van der Waals surface area contributed by atoms with E-state index in [0.29, 0.717) is 5.13 Å². The molecule has 0 amide bonds. The van der Waals surface area contributed by atoms with Crippen LogP contribution in [0, 0.1) is 6.92 Å². The second-order valence-electron chi connectivity index (χ2n) is 2.59. The number of hydrogen-bond donors (Lipinski definition) is 1. The van der Waals surface area contributed by atoms with Crippen LogP contribution in [0.1, 0.15) is 4.88 Å². The minimum absolute atomic E-state index is 0.622. The second kappa shape index (κ2) is 3.40. The third kappa shape index (κ3) is 1.77. The molecule has 5 heteroatoms. The fraction of sp³-hybridized carbons (Fsp3) is 0.125. The Hall–Kier alpha value is -0.390. The molecule has 2 N–H and O–H groups in total. The van der Waals surface area contributed by atoms with Crippen molar-refractivity contribution in [1.82, 2.24) is 4.98 Å². The van der Waals surface area contributed by atoms with Crippen molar-refractivity contribution < 1.29 is 0 Å². The normalized spacial score (nSPS) is 10.6. The Morgan fingerprint density at radius 1 is 1.54 bits per heavy atom. The van der Waals surface area contributed by atoms with Crippen molar-refractivity contribution in [2.75, 3.05) is 5.73 Å². The molecule has 0 spiro atoms. The first-order chi connectivity index (χ1) is 6.16. The lowest BCUT2D eigenvalue weighted by atomic mass is 10.4. The van der Waals surface area contributed by atoms with Crippen LogP contribution >= 0.6 is 38.6 Å². The van der Waals surface area contributed by atoms with Crippen LogP contribution in [-0.2, 0) is 0 Å². The molecule has 0 radical (unpaired) electrons. The third-order valence-electron chi connectivity index (χ3n) is 1.63. The molecule has 2 aromatic rings. The Balaban J connectivity index is 2.46. The maximum absolute atomic E-state index is 5.56. The molecule has 2 heterocycles. The Labute approximate surface area is 92.6 Å². The Kier molecular flexibility index (Phi) is 2.40. The number of aromatic nitrogens is 1. The number of nitrogens with zero attached hydrogens (tertiary/aromatic N) is 1. The molecule has 0 atom stereocenters. The highest BCUT2D eigenvalue weighted by Crippen LogP contribution is 2.34. The predicted octanol–water partition coefficient (Wildman–Crippen LogP) is 3.52. The number of thiazole rings is 1. The lowest BCUT2D eigenvalue weighted by Gasteiger charge is -1.85. The average Bonchev–Trinajstić information content (AvgIpc) is 2.61. The van der Waals surface area contributed by atoms with E-state index >= 15 is 0 Å². The second-order valence-corrected chi connectivity index (χ2v) is 5.59. The zero-order valence-corrected chi connectivity index (χ0v) is 10.1. The van der Waals surface area contributed by atoms with E-state index in [0.717, 1.165) is 15.0 Å². The molecule has 0 aromatic carbocycles. The van der Waals surface area contributed by atoms with Crippen LogP contribution in [0.25, 0.3) is 10.6 Å². The first-order valence-corrected chi connectivity index (χ1v) is 6.13. The van der Waals surface area contributed by atoms with Gasteiger partial charge in [-0.15, -0.1) is 22.7 Å². The van der Waals surface area contributed by atoms with Crippen molar-refractivity contribution in [2.45, 2.75) is 6.92 Å². The molecule has 0 unspecified atom stereocenters. The predicted molar refractivity (Wildman–Crippen MR) is 62.3 cm³/mol. The van der Waals surface area contributed by atoms with Crippen molar-refractivity contribution in [3.05, 3.63) is 20.8 Å². The van der Waals surface area contributed by atoms with Crippen LogP contribution in [-0.4, -0.2) is 4.98 Å². The zero-order valence-electron chi connectivity index (χ0n) is 6.87. The number of thiophene rings is 1. The fourth-order valence-electron chi connectivity index (χ4n) is 0.987. The standard InChI is InChI=1S/C8H7BrN2S2/c1-4-5(9)2-7(13-4)6-3-12-8(10)11-6/h2-3H,1H3,(H2,10,11). The van der Waals surface area contributed by atoms with Gasteiger partial charge in [-0.1, -0.05) is 0 Å². The molecule has 2 nitrogen and oxygen atoms in total. The van der Waals surface area contributed by atoms with Crippen LogP contribution in [0.3, 0.4) is 0 Å². The van der Waals surface area contributed by atoms with Crippen LogP contribution in [0.4, 0.5) is 5.13 Å². The number of anilines is 1. The molecule has 0 aliphatic carbocycles. The minimum Gasteiger partial charge on any atom is -0.375 e. The van der Waals surface area contributed by atoms with Gasteiger partial charge in [0, 0.05) is 14.7 Å². The van der Waals surface area contributed by atoms with E-state index in [-0.39, 0.29) is 0 Å². The summed E-state index contributed by atoms with van der Waals surface area (Å²) in [6.45, 7) is 2.08. The maximum atomic E-state index is 5.56. The lowest BCUT2D eigenvalue weighted by molar-refractivity contribution is 1.43. The van der Waals surface area contributed by atoms with Gasteiger partial charge in [0.05, 0.1) is 10.6 Å². The number of aryl methyl sites for hydroxylation is 1. The highest BCUT2D eigenvalue weighted by molar-refractivity contribution is 9.10. The Morgan fingerprint density at radius 2 is 2.31 bits per heavy atom. The molecular weight excluding hydrogens is 268 g/mol. The van der Waals surface area contributed by atoms with Crippen LogP contribution in [0.2, 0.25) is 0 Å². The molecule has 68 valence electrons. The van der Waals surface area contributed by atoms with Crippen LogP contribution < -0.4 is 5.73 Å². The first-order valence-electron chi connectivity index (χ1n) is 3.64. The summed E-state index contributed by atoms with van der Waals surface area (Å²) in [5.74, 6) is 0. The van der Waals surface area contributed by atoms with Gasteiger partial charge in [-0.2, -0.15) is 0 Å². The molecule has 0 fully saturated rings. The SMILES string of the molecule is Cc1sc(-c2csc(N)n2)cc1Br. The number of nitrogen functional groups attached to an aromatic ring is 1. The molecular formula is C8H7BrN2S2. The molecule has 2 aromatic heterocycles. The number of nitrogens with two attached hydrogens (primary N) is 1. The summed E-state index contributed by atoms with van der Waals surface area (Å²) in [5, 5.41) is 2.60. The van der Waals surface area contributed by atoms with E-state index in [1.54, 1.807) is 11.3 Å². The van der Waals surface area contributed by atoms with Gasteiger partial charge in [-0.3, -0.25) is 0 Å². The molecule has 0 aliphatic rings. The summed E-state index contributed by atoms with van der Waals surface area (Å²) in [6.07, 6.45) is 0.